The number of halogens is 1. The molecule has 0 aromatic heterocycles. The van der Waals surface area contributed by atoms with Gasteiger partial charge in [-0.05, 0) is 43.7 Å². The zero-order valence-electron chi connectivity index (χ0n) is 12.2. The zero-order valence-corrected chi connectivity index (χ0v) is 13.0. The van der Waals surface area contributed by atoms with Crippen molar-refractivity contribution < 1.29 is 4.74 Å². The van der Waals surface area contributed by atoms with Crippen molar-refractivity contribution in [1.29, 1.82) is 0 Å². The van der Waals surface area contributed by atoms with Gasteiger partial charge in [0.05, 0.1) is 6.61 Å². The molecule has 3 nitrogen and oxygen atoms in total. The van der Waals surface area contributed by atoms with E-state index in [2.05, 4.69) is 36.2 Å². The Bertz CT molecular complexity index is 371. The average molecular weight is 285 g/mol. The van der Waals surface area contributed by atoms with Crippen LogP contribution in [0.5, 0.6) is 0 Å². The topological polar surface area (TPSA) is 24.5 Å². The van der Waals surface area contributed by atoms with Crippen molar-refractivity contribution in [2.45, 2.75) is 26.8 Å². The molecule has 0 aliphatic carbocycles. The lowest BCUT2D eigenvalue weighted by atomic mass is 10.1. The van der Waals surface area contributed by atoms with Crippen LogP contribution >= 0.6 is 11.6 Å². The molecule has 1 aromatic rings. The Hall–Kier alpha value is -0.770. The number of nitrogens with one attached hydrogen (secondary N) is 1. The van der Waals surface area contributed by atoms with Gasteiger partial charge in [-0.15, -0.1) is 0 Å². The lowest BCUT2D eigenvalue weighted by Crippen LogP contribution is -2.28. The maximum atomic E-state index is 6.11. The van der Waals surface area contributed by atoms with Crippen molar-refractivity contribution in [2.24, 2.45) is 0 Å². The fraction of sp³-hybridized carbons (Fsp3) is 0.600. The lowest BCUT2D eigenvalue weighted by Gasteiger charge is -2.26. The van der Waals surface area contributed by atoms with E-state index in [1.807, 2.05) is 6.07 Å². The predicted octanol–water partition coefficient (Wildman–Crippen LogP) is 3.31. The molecule has 0 aliphatic rings. The average Bonchev–Trinajstić information content (AvgIpc) is 2.41. The molecule has 0 unspecified atom stereocenters. The minimum atomic E-state index is 0.734. The van der Waals surface area contributed by atoms with Crippen LogP contribution < -0.4 is 10.2 Å². The highest BCUT2D eigenvalue weighted by molar-refractivity contribution is 6.30. The highest BCUT2D eigenvalue weighted by Gasteiger charge is 2.10. The van der Waals surface area contributed by atoms with Crippen molar-refractivity contribution in [3.63, 3.8) is 0 Å². The van der Waals surface area contributed by atoms with Crippen molar-refractivity contribution in [3.8, 4) is 0 Å². The van der Waals surface area contributed by atoms with Crippen LogP contribution in [0.15, 0.2) is 18.2 Å². The van der Waals surface area contributed by atoms with Crippen LogP contribution in [0.2, 0.25) is 5.02 Å². The molecule has 0 fully saturated rings. The molecule has 1 aromatic carbocycles. The minimum absolute atomic E-state index is 0.734. The normalized spacial score (nSPS) is 10.7. The highest BCUT2D eigenvalue weighted by atomic mass is 35.5. The van der Waals surface area contributed by atoms with Gasteiger partial charge in [-0.25, -0.2) is 0 Å². The first-order valence-electron chi connectivity index (χ1n) is 6.95. The summed E-state index contributed by atoms with van der Waals surface area (Å²) in [6.45, 7) is 8.80. The molecule has 0 spiro atoms. The van der Waals surface area contributed by atoms with Crippen molar-refractivity contribution in [2.75, 3.05) is 38.3 Å². The van der Waals surface area contributed by atoms with Gasteiger partial charge in [-0.2, -0.15) is 0 Å². The summed E-state index contributed by atoms with van der Waals surface area (Å²) in [7, 11) is 1.74. The molecule has 108 valence electrons. The van der Waals surface area contributed by atoms with Crippen LogP contribution in [0.4, 0.5) is 5.69 Å². The second-order valence-corrected chi connectivity index (χ2v) is 4.96. The number of rotatable bonds is 9. The fourth-order valence-corrected chi connectivity index (χ4v) is 2.25. The summed E-state index contributed by atoms with van der Waals surface area (Å²) < 4.78 is 5.17. The van der Waals surface area contributed by atoms with Crippen LogP contribution in [-0.2, 0) is 11.3 Å². The van der Waals surface area contributed by atoms with Gasteiger partial charge in [0.25, 0.3) is 0 Å². The van der Waals surface area contributed by atoms with Crippen LogP contribution in [0.25, 0.3) is 0 Å². The molecule has 1 rings (SSSR count). The molecular weight excluding hydrogens is 260 g/mol. The smallest absolute Gasteiger partial charge is 0.0637 e. The summed E-state index contributed by atoms with van der Waals surface area (Å²) in [5, 5.41) is 4.23. The number of ether oxygens (including phenoxy) is 1. The molecule has 4 heteroatoms. The Morgan fingerprint density at radius 3 is 2.74 bits per heavy atom. The number of nitrogens with zero attached hydrogens (tertiary/aromatic N) is 1. The summed E-state index contributed by atoms with van der Waals surface area (Å²) in [6, 6.07) is 6.11. The molecule has 1 N–H and O–H groups in total. The van der Waals surface area contributed by atoms with E-state index in [0.29, 0.717) is 0 Å². The van der Waals surface area contributed by atoms with E-state index < -0.39 is 0 Å². The van der Waals surface area contributed by atoms with Gasteiger partial charge in [0.1, 0.15) is 0 Å². The quantitative estimate of drug-likeness (QED) is 0.704. The first-order valence-corrected chi connectivity index (χ1v) is 7.33. The minimum Gasteiger partial charge on any atom is -0.383 e. The molecule has 0 saturated heterocycles. The number of benzene rings is 1. The van der Waals surface area contributed by atoms with Gasteiger partial charge in [0, 0.05) is 37.5 Å². The zero-order chi connectivity index (χ0) is 14.1. The van der Waals surface area contributed by atoms with E-state index in [0.717, 1.165) is 44.2 Å². The molecule has 0 bridgehead atoms. The van der Waals surface area contributed by atoms with E-state index in [-0.39, 0.29) is 0 Å². The molecule has 0 heterocycles. The summed E-state index contributed by atoms with van der Waals surface area (Å²) >= 11 is 6.11. The summed E-state index contributed by atoms with van der Waals surface area (Å²) in [5.74, 6) is 0. The molecular formula is C15H25ClN2O. The third-order valence-corrected chi connectivity index (χ3v) is 3.31. The number of methoxy groups -OCH3 is 1. The van der Waals surface area contributed by atoms with Crippen LogP contribution in [0, 0.1) is 0 Å². The highest BCUT2D eigenvalue weighted by Crippen LogP contribution is 2.24. The predicted molar refractivity (Wildman–Crippen MR) is 83.2 cm³/mol. The maximum Gasteiger partial charge on any atom is 0.0637 e. The number of hydrogen-bond donors (Lipinski definition) is 1. The fourth-order valence-electron chi connectivity index (χ4n) is 2.05. The molecule has 0 atom stereocenters. The second kappa shape index (κ2) is 9.18. The van der Waals surface area contributed by atoms with E-state index >= 15 is 0 Å². The van der Waals surface area contributed by atoms with Crippen LogP contribution in [-0.4, -0.2) is 33.4 Å². The number of hydrogen-bond acceptors (Lipinski definition) is 3. The van der Waals surface area contributed by atoms with Gasteiger partial charge in [0.2, 0.25) is 0 Å². The SMILES string of the molecule is CCCNCc1cc(Cl)ccc1N(CC)CCOC. The molecule has 0 aliphatic heterocycles. The van der Waals surface area contributed by atoms with Gasteiger partial charge in [0.15, 0.2) is 0 Å². The Morgan fingerprint density at radius 2 is 2.11 bits per heavy atom. The summed E-state index contributed by atoms with van der Waals surface area (Å²) in [4.78, 5) is 2.32. The summed E-state index contributed by atoms with van der Waals surface area (Å²) in [5.41, 5.74) is 2.49. The van der Waals surface area contributed by atoms with Crippen molar-refractivity contribution in [3.05, 3.63) is 28.8 Å². The molecule has 0 saturated carbocycles. The van der Waals surface area contributed by atoms with Gasteiger partial charge < -0.3 is 15.0 Å². The van der Waals surface area contributed by atoms with Gasteiger partial charge >= 0.3 is 0 Å². The van der Waals surface area contributed by atoms with Crippen molar-refractivity contribution >= 4 is 17.3 Å². The Kier molecular flexibility index (Phi) is 7.87. The molecule has 0 amide bonds. The largest absolute Gasteiger partial charge is 0.383 e. The van der Waals surface area contributed by atoms with E-state index in [4.69, 9.17) is 16.3 Å². The van der Waals surface area contributed by atoms with Crippen LogP contribution in [0.3, 0.4) is 0 Å². The molecule has 0 radical (unpaired) electrons. The van der Waals surface area contributed by atoms with Crippen molar-refractivity contribution in [1.82, 2.24) is 5.32 Å². The third-order valence-electron chi connectivity index (χ3n) is 3.07. The number of anilines is 1. The Morgan fingerprint density at radius 1 is 1.32 bits per heavy atom. The first kappa shape index (κ1) is 16.3. The lowest BCUT2D eigenvalue weighted by molar-refractivity contribution is 0.205. The van der Waals surface area contributed by atoms with Gasteiger partial charge in [-0.1, -0.05) is 18.5 Å². The van der Waals surface area contributed by atoms with E-state index in [1.54, 1.807) is 7.11 Å². The maximum absolute atomic E-state index is 6.11. The van der Waals surface area contributed by atoms with Gasteiger partial charge in [-0.3, -0.25) is 0 Å². The third kappa shape index (κ3) is 5.39. The standard InChI is InChI=1S/C15H25ClN2O/c1-4-8-17-12-13-11-14(16)6-7-15(13)18(5-2)9-10-19-3/h6-7,11,17H,4-5,8-10,12H2,1-3H3. The second-order valence-electron chi connectivity index (χ2n) is 4.52. The summed E-state index contributed by atoms with van der Waals surface area (Å²) in [6.07, 6.45) is 1.14. The monoisotopic (exact) mass is 284 g/mol. The van der Waals surface area contributed by atoms with E-state index in [1.165, 1.54) is 11.3 Å². The van der Waals surface area contributed by atoms with E-state index in [9.17, 15) is 0 Å². The first-order chi connectivity index (χ1) is 9.22. The molecule has 19 heavy (non-hydrogen) atoms. The Balaban J connectivity index is 2.83. The van der Waals surface area contributed by atoms with Crippen LogP contribution in [0.1, 0.15) is 25.8 Å². The number of likely N-dealkylation sites (N-methyl/N-ethyl adjacent to an activating group) is 1. The Labute approximate surface area is 121 Å².